The van der Waals surface area contributed by atoms with Gasteiger partial charge in [0.2, 0.25) is 0 Å². The predicted molar refractivity (Wildman–Crippen MR) is 67.3 cm³/mol. The summed E-state index contributed by atoms with van der Waals surface area (Å²) < 4.78 is 1.93. The Bertz CT molecular complexity index is 642. The molecule has 0 atom stereocenters. The first-order chi connectivity index (χ1) is 9.15. The first-order valence-electron chi connectivity index (χ1n) is 5.66. The maximum absolute atomic E-state index is 11.2. The largest absolute Gasteiger partial charge is 0.478 e. The molecule has 19 heavy (non-hydrogen) atoms. The van der Waals surface area contributed by atoms with Crippen molar-refractivity contribution in [3.8, 4) is 0 Å². The summed E-state index contributed by atoms with van der Waals surface area (Å²) >= 11 is 5.86. The zero-order valence-corrected chi connectivity index (χ0v) is 10.6. The Morgan fingerprint density at radius 2 is 2.21 bits per heavy atom. The van der Waals surface area contributed by atoms with E-state index in [-0.39, 0.29) is 10.7 Å². The number of carboxylic acids is 1. The van der Waals surface area contributed by atoms with Gasteiger partial charge in [-0.1, -0.05) is 11.6 Å². The van der Waals surface area contributed by atoms with E-state index in [1.807, 2.05) is 9.47 Å². The number of halogens is 1. The minimum Gasteiger partial charge on any atom is -0.478 e. The first kappa shape index (κ1) is 11.9. The molecule has 0 aromatic carbocycles. The summed E-state index contributed by atoms with van der Waals surface area (Å²) in [6.07, 6.45) is 1.66. The van der Waals surface area contributed by atoms with Crippen molar-refractivity contribution in [2.45, 2.75) is 13.1 Å². The van der Waals surface area contributed by atoms with Gasteiger partial charge in [0, 0.05) is 13.1 Å². The molecule has 0 bridgehead atoms. The highest BCUT2D eigenvalue weighted by Gasteiger charge is 2.23. The van der Waals surface area contributed by atoms with Gasteiger partial charge < -0.3 is 14.6 Å². The number of anilines is 1. The predicted octanol–water partition coefficient (Wildman–Crippen LogP) is 1.04. The number of carboxylic acid groups (broad SMARTS) is 1. The Labute approximate surface area is 113 Å². The van der Waals surface area contributed by atoms with Crippen LogP contribution in [-0.2, 0) is 13.1 Å². The number of aromatic nitrogens is 4. The number of hydrogen-bond acceptors (Lipinski definition) is 5. The van der Waals surface area contributed by atoms with E-state index in [9.17, 15) is 9.90 Å². The SMILES string of the molecule is O=C(O)c1ccc(Cl)nc1N1CCn2cnnc2C1. The molecule has 3 heterocycles. The lowest BCUT2D eigenvalue weighted by Gasteiger charge is -2.28. The maximum atomic E-state index is 11.2. The van der Waals surface area contributed by atoms with Gasteiger partial charge in [-0.25, -0.2) is 9.78 Å². The minimum absolute atomic E-state index is 0.136. The number of pyridine rings is 1. The molecule has 0 radical (unpaired) electrons. The molecule has 7 nitrogen and oxygen atoms in total. The highest BCUT2D eigenvalue weighted by Crippen LogP contribution is 2.24. The van der Waals surface area contributed by atoms with Gasteiger partial charge in [-0.05, 0) is 12.1 Å². The highest BCUT2D eigenvalue weighted by molar-refractivity contribution is 6.29. The Kier molecular flexibility index (Phi) is 2.83. The normalized spacial score (nSPS) is 14.3. The first-order valence-corrected chi connectivity index (χ1v) is 6.04. The molecule has 3 rings (SSSR count). The molecule has 1 aliphatic heterocycles. The molecule has 8 heteroatoms. The number of hydrogen-bond donors (Lipinski definition) is 1. The van der Waals surface area contributed by atoms with Crippen molar-refractivity contribution in [1.29, 1.82) is 0 Å². The second-order valence-electron chi connectivity index (χ2n) is 4.17. The van der Waals surface area contributed by atoms with Gasteiger partial charge in [0.05, 0.1) is 6.54 Å². The lowest BCUT2D eigenvalue weighted by atomic mass is 10.2. The quantitative estimate of drug-likeness (QED) is 0.827. The van der Waals surface area contributed by atoms with E-state index in [4.69, 9.17) is 11.6 Å². The van der Waals surface area contributed by atoms with E-state index in [1.54, 1.807) is 6.33 Å². The van der Waals surface area contributed by atoms with E-state index >= 15 is 0 Å². The summed E-state index contributed by atoms with van der Waals surface area (Å²) in [5, 5.41) is 17.3. The molecule has 0 amide bonds. The third-order valence-corrected chi connectivity index (χ3v) is 3.22. The summed E-state index contributed by atoms with van der Waals surface area (Å²) in [5.41, 5.74) is 0.136. The van der Waals surface area contributed by atoms with Crippen LogP contribution in [0.1, 0.15) is 16.2 Å². The van der Waals surface area contributed by atoms with Crippen LogP contribution in [0, 0.1) is 0 Å². The smallest absolute Gasteiger partial charge is 0.339 e. The van der Waals surface area contributed by atoms with Crippen LogP contribution in [0.4, 0.5) is 5.82 Å². The van der Waals surface area contributed by atoms with Crippen molar-refractivity contribution in [3.63, 3.8) is 0 Å². The van der Waals surface area contributed by atoms with Crippen molar-refractivity contribution >= 4 is 23.4 Å². The van der Waals surface area contributed by atoms with E-state index in [0.29, 0.717) is 25.5 Å². The number of carbonyl (C=O) groups is 1. The fourth-order valence-corrected chi connectivity index (χ4v) is 2.22. The van der Waals surface area contributed by atoms with Crippen LogP contribution in [-0.4, -0.2) is 37.4 Å². The topological polar surface area (TPSA) is 84.1 Å². The van der Waals surface area contributed by atoms with Crippen molar-refractivity contribution in [1.82, 2.24) is 19.7 Å². The Morgan fingerprint density at radius 1 is 1.37 bits per heavy atom. The second kappa shape index (κ2) is 4.51. The molecule has 1 N–H and O–H groups in total. The van der Waals surface area contributed by atoms with Crippen molar-refractivity contribution in [2.24, 2.45) is 0 Å². The molecule has 2 aromatic heterocycles. The highest BCUT2D eigenvalue weighted by atomic mass is 35.5. The molecule has 0 aliphatic carbocycles. The lowest BCUT2D eigenvalue weighted by molar-refractivity contribution is 0.0697. The molecular weight excluding hydrogens is 270 g/mol. The zero-order valence-electron chi connectivity index (χ0n) is 9.82. The van der Waals surface area contributed by atoms with Gasteiger partial charge >= 0.3 is 5.97 Å². The van der Waals surface area contributed by atoms with Crippen molar-refractivity contribution in [3.05, 3.63) is 35.0 Å². The van der Waals surface area contributed by atoms with Crippen LogP contribution in [0.25, 0.3) is 0 Å². The third kappa shape index (κ3) is 2.12. The fourth-order valence-electron chi connectivity index (χ4n) is 2.08. The lowest BCUT2D eigenvalue weighted by Crippen LogP contribution is -2.35. The zero-order chi connectivity index (χ0) is 13.4. The number of fused-ring (bicyclic) bond motifs is 1. The summed E-state index contributed by atoms with van der Waals surface area (Å²) in [5.74, 6) is 0.129. The van der Waals surface area contributed by atoms with Crippen LogP contribution >= 0.6 is 11.6 Å². The minimum atomic E-state index is -1.02. The average Bonchev–Trinajstić information content (AvgIpc) is 2.85. The molecule has 0 spiro atoms. The van der Waals surface area contributed by atoms with Crippen molar-refractivity contribution < 1.29 is 9.90 Å². The summed E-state index contributed by atoms with van der Waals surface area (Å²) in [7, 11) is 0. The molecular formula is C11H10ClN5O2. The van der Waals surface area contributed by atoms with Gasteiger partial charge in [-0.3, -0.25) is 0 Å². The van der Waals surface area contributed by atoms with Crippen LogP contribution < -0.4 is 4.90 Å². The van der Waals surface area contributed by atoms with E-state index < -0.39 is 5.97 Å². The molecule has 1 aliphatic rings. The Balaban J connectivity index is 1.99. The molecule has 0 fully saturated rings. The van der Waals surface area contributed by atoms with Gasteiger partial charge in [-0.15, -0.1) is 10.2 Å². The van der Waals surface area contributed by atoms with Gasteiger partial charge in [0.1, 0.15) is 22.9 Å². The van der Waals surface area contributed by atoms with Crippen molar-refractivity contribution in [2.75, 3.05) is 11.4 Å². The molecule has 0 saturated heterocycles. The summed E-state index contributed by atoms with van der Waals surface area (Å²) in [6, 6.07) is 2.94. The second-order valence-corrected chi connectivity index (χ2v) is 4.56. The number of rotatable bonds is 2. The third-order valence-electron chi connectivity index (χ3n) is 3.01. The maximum Gasteiger partial charge on any atom is 0.339 e. The molecule has 2 aromatic rings. The Hall–Kier alpha value is -2.15. The van der Waals surface area contributed by atoms with Gasteiger partial charge in [-0.2, -0.15) is 0 Å². The van der Waals surface area contributed by atoms with Gasteiger partial charge in [0.25, 0.3) is 0 Å². The van der Waals surface area contributed by atoms with Gasteiger partial charge in [0.15, 0.2) is 5.82 Å². The van der Waals surface area contributed by atoms with Crippen LogP contribution in [0.5, 0.6) is 0 Å². The standard InChI is InChI=1S/C11H10ClN5O2/c12-8-2-1-7(11(18)19)10(14-8)16-3-4-17-6-13-15-9(17)5-16/h1-2,6H,3-5H2,(H,18,19). The van der Waals surface area contributed by atoms with E-state index in [0.717, 1.165) is 5.82 Å². The fraction of sp³-hybridized carbons (Fsp3) is 0.273. The monoisotopic (exact) mass is 279 g/mol. The number of nitrogens with zero attached hydrogens (tertiary/aromatic N) is 5. The summed E-state index contributed by atoms with van der Waals surface area (Å²) in [6.45, 7) is 1.79. The van der Waals surface area contributed by atoms with Crippen LogP contribution in [0.3, 0.4) is 0 Å². The average molecular weight is 280 g/mol. The molecule has 0 saturated carbocycles. The molecule has 98 valence electrons. The van der Waals surface area contributed by atoms with Crippen LogP contribution in [0.2, 0.25) is 5.15 Å². The van der Waals surface area contributed by atoms with E-state index in [2.05, 4.69) is 15.2 Å². The molecule has 0 unspecified atom stereocenters. The van der Waals surface area contributed by atoms with Crippen LogP contribution in [0.15, 0.2) is 18.5 Å². The Morgan fingerprint density at radius 3 is 3.00 bits per heavy atom. The van der Waals surface area contributed by atoms with E-state index in [1.165, 1.54) is 12.1 Å². The number of aromatic carboxylic acids is 1. The summed E-state index contributed by atoms with van der Waals surface area (Å²) in [4.78, 5) is 17.2.